The Labute approximate surface area is 205 Å². The van der Waals surface area contributed by atoms with Gasteiger partial charge >= 0.3 is 0 Å². The van der Waals surface area contributed by atoms with Crippen molar-refractivity contribution in [2.75, 3.05) is 32.8 Å². The second-order valence-electron chi connectivity index (χ2n) is 9.94. The first-order valence-electron chi connectivity index (χ1n) is 11.8. The van der Waals surface area contributed by atoms with Crippen molar-refractivity contribution < 1.29 is 9.53 Å². The molecular weight excluding hydrogens is 448 g/mol. The van der Waals surface area contributed by atoms with Crippen LogP contribution in [-0.4, -0.2) is 48.2 Å². The highest BCUT2D eigenvalue weighted by molar-refractivity contribution is 6.31. The van der Waals surface area contributed by atoms with Crippen LogP contribution >= 0.6 is 11.6 Å². The summed E-state index contributed by atoms with van der Waals surface area (Å²) in [6, 6.07) is 15.6. The summed E-state index contributed by atoms with van der Waals surface area (Å²) in [5.74, 6) is -0.109. The molecular formula is C27H29ClN4O2. The number of benzene rings is 2. The van der Waals surface area contributed by atoms with Crippen molar-refractivity contribution in [1.29, 1.82) is 5.26 Å². The molecule has 1 saturated heterocycles. The van der Waals surface area contributed by atoms with Crippen LogP contribution in [0.1, 0.15) is 47.1 Å². The number of aromatic nitrogens is 1. The van der Waals surface area contributed by atoms with E-state index in [4.69, 9.17) is 16.3 Å². The number of hydrogen-bond donors (Lipinski definition) is 1. The van der Waals surface area contributed by atoms with Crippen molar-refractivity contribution in [3.05, 3.63) is 69.9 Å². The molecule has 1 aliphatic carbocycles. The molecule has 2 aliphatic rings. The van der Waals surface area contributed by atoms with Gasteiger partial charge in [0.05, 0.1) is 30.9 Å². The van der Waals surface area contributed by atoms with Gasteiger partial charge in [0.2, 0.25) is 0 Å². The molecule has 0 spiro atoms. The number of morpholine rings is 1. The van der Waals surface area contributed by atoms with Crippen molar-refractivity contribution in [1.82, 2.24) is 14.8 Å². The van der Waals surface area contributed by atoms with Gasteiger partial charge in [0.15, 0.2) is 0 Å². The number of nitriles is 1. The van der Waals surface area contributed by atoms with E-state index in [2.05, 4.69) is 34.7 Å². The first-order valence-corrected chi connectivity index (χ1v) is 12.2. The van der Waals surface area contributed by atoms with E-state index in [1.165, 1.54) is 5.56 Å². The van der Waals surface area contributed by atoms with Crippen LogP contribution in [0, 0.1) is 16.7 Å². The normalized spacial score (nSPS) is 19.6. The molecule has 0 saturated carbocycles. The lowest BCUT2D eigenvalue weighted by Gasteiger charge is -2.29. The van der Waals surface area contributed by atoms with Crippen LogP contribution < -0.4 is 5.32 Å². The number of carbonyl (C=O) groups excluding carboxylic acids is 1. The molecule has 176 valence electrons. The van der Waals surface area contributed by atoms with E-state index in [1.807, 2.05) is 42.5 Å². The van der Waals surface area contributed by atoms with Gasteiger partial charge in [-0.3, -0.25) is 9.69 Å². The van der Waals surface area contributed by atoms with Crippen LogP contribution in [0.5, 0.6) is 0 Å². The molecule has 34 heavy (non-hydrogen) atoms. The third-order valence-electron chi connectivity index (χ3n) is 7.13. The predicted octanol–water partition coefficient (Wildman–Crippen LogP) is 4.55. The monoisotopic (exact) mass is 476 g/mol. The Balaban J connectivity index is 1.46. The highest BCUT2D eigenvalue weighted by Crippen LogP contribution is 2.45. The standard InChI is InChI=1S/C27H29ClN4O2/c1-27(2)16-19-4-3-18(17-29)13-22(19)25(27)30-26(33)24-15-20-14-21(28)5-6-23(20)32(24)8-7-31-9-11-34-12-10-31/h3-6,13-15,25H,7-12,16H2,1-2H3,(H,30,33). The maximum Gasteiger partial charge on any atom is 0.268 e. The van der Waals surface area contributed by atoms with Crippen LogP contribution in [0.4, 0.5) is 0 Å². The third-order valence-corrected chi connectivity index (χ3v) is 7.36. The van der Waals surface area contributed by atoms with E-state index >= 15 is 0 Å². The Kier molecular flexibility index (Phi) is 6.11. The summed E-state index contributed by atoms with van der Waals surface area (Å²) < 4.78 is 7.58. The molecule has 1 amide bonds. The van der Waals surface area contributed by atoms with Gasteiger partial charge in [-0.25, -0.2) is 0 Å². The van der Waals surface area contributed by atoms with Crippen molar-refractivity contribution in [2.45, 2.75) is 32.9 Å². The lowest BCUT2D eigenvalue weighted by molar-refractivity contribution is 0.0364. The first-order chi connectivity index (χ1) is 16.4. The molecule has 5 rings (SSSR count). The quantitative estimate of drug-likeness (QED) is 0.586. The van der Waals surface area contributed by atoms with Gasteiger partial charge in [0.25, 0.3) is 5.91 Å². The summed E-state index contributed by atoms with van der Waals surface area (Å²) in [6.07, 6.45) is 0.856. The third kappa shape index (κ3) is 4.32. The summed E-state index contributed by atoms with van der Waals surface area (Å²) >= 11 is 6.26. The minimum atomic E-state index is -0.169. The molecule has 6 nitrogen and oxygen atoms in total. The van der Waals surface area contributed by atoms with E-state index < -0.39 is 0 Å². The Hall–Kier alpha value is -2.85. The number of nitrogens with zero attached hydrogens (tertiary/aromatic N) is 3. The Morgan fingerprint density at radius 3 is 2.74 bits per heavy atom. The van der Waals surface area contributed by atoms with E-state index in [-0.39, 0.29) is 17.4 Å². The van der Waals surface area contributed by atoms with Gasteiger partial charge in [-0.1, -0.05) is 31.5 Å². The summed E-state index contributed by atoms with van der Waals surface area (Å²) in [5.41, 5.74) is 4.32. The van der Waals surface area contributed by atoms with Crippen molar-refractivity contribution in [2.24, 2.45) is 5.41 Å². The maximum atomic E-state index is 13.7. The van der Waals surface area contributed by atoms with Crippen LogP contribution in [-0.2, 0) is 17.7 Å². The Morgan fingerprint density at radius 2 is 1.97 bits per heavy atom. The van der Waals surface area contributed by atoms with Gasteiger partial charge < -0.3 is 14.6 Å². The van der Waals surface area contributed by atoms with Crippen LogP contribution in [0.25, 0.3) is 10.9 Å². The number of amides is 1. The molecule has 3 aromatic rings. The fourth-order valence-corrected chi connectivity index (χ4v) is 5.50. The van der Waals surface area contributed by atoms with Crippen LogP contribution in [0.2, 0.25) is 5.02 Å². The van der Waals surface area contributed by atoms with E-state index in [1.54, 1.807) is 0 Å². The summed E-state index contributed by atoms with van der Waals surface area (Å²) in [5, 5.41) is 14.3. The van der Waals surface area contributed by atoms with Crippen molar-refractivity contribution >= 4 is 28.4 Å². The number of nitrogens with one attached hydrogen (secondary N) is 1. The second kappa shape index (κ2) is 9.07. The highest BCUT2D eigenvalue weighted by atomic mass is 35.5. The highest BCUT2D eigenvalue weighted by Gasteiger charge is 2.40. The van der Waals surface area contributed by atoms with Crippen LogP contribution in [0.15, 0.2) is 42.5 Å². The average Bonchev–Trinajstić information content (AvgIpc) is 3.31. The molecule has 0 radical (unpaired) electrons. The minimum Gasteiger partial charge on any atom is -0.379 e. The average molecular weight is 477 g/mol. The van der Waals surface area contributed by atoms with Crippen molar-refractivity contribution in [3.63, 3.8) is 0 Å². The molecule has 1 aliphatic heterocycles. The lowest BCUT2D eigenvalue weighted by atomic mass is 9.85. The smallest absolute Gasteiger partial charge is 0.268 e. The molecule has 0 bridgehead atoms. The zero-order chi connectivity index (χ0) is 23.9. The number of rotatable bonds is 5. The molecule has 1 N–H and O–H groups in total. The van der Waals surface area contributed by atoms with Crippen LogP contribution in [0.3, 0.4) is 0 Å². The topological polar surface area (TPSA) is 70.3 Å². The number of fused-ring (bicyclic) bond motifs is 2. The molecule has 2 aromatic carbocycles. The summed E-state index contributed by atoms with van der Waals surface area (Å²) in [6.45, 7) is 9.18. The maximum absolute atomic E-state index is 13.7. The molecule has 7 heteroatoms. The Bertz CT molecular complexity index is 1280. The zero-order valence-corrected chi connectivity index (χ0v) is 20.4. The van der Waals surface area contributed by atoms with E-state index in [9.17, 15) is 10.1 Å². The van der Waals surface area contributed by atoms with Crippen molar-refractivity contribution in [3.8, 4) is 6.07 Å². The lowest BCUT2D eigenvalue weighted by Crippen LogP contribution is -2.39. The van der Waals surface area contributed by atoms with E-state index in [0.717, 1.165) is 55.7 Å². The zero-order valence-electron chi connectivity index (χ0n) is 19.6. The number of ether oxygens (including phenoxy) is 1. The molecule has 1 atom stereocenters. The predicted molar refractivity (Wildman–Crippen MR) is 133 cm³/mol. The molecule has 1 aromatic heterocycles. The van der Waals surface area contributed by atoms with E-state index in [0.29, 0.717) is 22.8 Å². The second-order valence-corrected chi connectivity index (χ2v) is 10.4. The Morgan fingerprint density at radius 1 is 1.18 bits per heavy atom. The summed E-state index contributed by atoms with van der Waals surface area (Å²) in [4.78, 5) is 16.1. The first kappa shape index (κ1) is 22.9. The van der Waals surface area contributed by atoms with Gasteiger partial charge in [-0.15, -0.1) is 0 Å². The molecule has 1 unspecified atom stereocenters. The number of hydrogen-bond acceptors (Lipinski definition) is 4. The SMILES string of the molecule is CC1(C)Cc2ccc(C#N)cc2C1NC(=O)c1cc2cc(Cl)ccc2n1CCN1CCOCC1. The summed E-state index contributed by atoms with van der Waals surface area (Å²) in [7, 11) is 0. The van der Waals surface area contributed by atoms with Gasteiger partial charge in [-0.05, 0) is 59.4 Å². The largest absolute Gasteiger partial charge is 0.379 e. The molecule has 2 heterocycles. The molecule has 1 fully saturated rings. The van der Waals surface area contributed by atoms with Gasteiger partial charge in [-0.2, -0.15) is 5.26 Å². The fraction of sp³-hybridized carbons (Fsp3) is 0.407. The van der Waals surface area contributed by atoms with Gasteiger partial charge in [0.1, 0.15) is 5.69 Å². The number of halogens is 1. The number of carbonyl (C=O) groups is 1. The van der Waals surface area contributed by atoms with Gasteiger partial charge in [0, 0.05) is 42.1 Å². The minimum absolute atomic E-state index is 0.109. The fourth-order valence-electron chi connectivity index (χ4n) is 5.32.